The van der Waals surface area contributed by atoms with Gasteiger partial charge in [0.05, 0.1) is 11.7 Å². The number of ether oxygens (including phenoxy) is 1. The van der Waals surface area contributed by atoms with Crippen LogP contribution in [-0.2, 0) is 4.79 Å². The number of carbonyl (C=O) groups is 1. The molecule has 0 amide bonds. The largest absolute Gasteiger partial charge is 1.00 e. The van der Waals surface area contributed by atoms with E-state index in [1.165, 1.54) is 0 Å². The van der Waals surface area contributed by atoms with Crippen molar-refractivity contribution in [1.82, 2.24) is 5.01 Å². The Morgan fingerprint density at radius 2 is 1.56 bits per heavy atom. The Morgan fingerprint density at radius 1 is 1.04 bits per heavy atom. The van der Waals surface area contributed by atoms with E-state index in [1.54, 1.807) is 17.1 Å². The van der Waals surface area contributed by atoms with Gasteiger partial charge >= 0.3 is 29.6 Å². The van der Waals surface area contributed by atoms with Crippen molar-refractivity contribution in [2.75, 3.05) is 20.7 Å². The zero-order chi connectivity index (χ0) is 17.4. The van der Waals surface area contributed by atoms with Crippen molar-refractivity contribution >= 4 is 23.8 Å². The van der Waals surface area contributed by atoms with E-state index in [0.717, 1.165) is 16.8 Å². The number of benzene rings is 2. The summed E-state index contributed by atoms with van der Waals surface area (Å²) < 4.78 is 5.03. The van der Waals surface area contributed by atoms with E-state index >= 15 is 0 Å². The monoisotopic (exact) mass is 347 g/mol. The van der Waals surface area contributed by atoms with Crippen LogP contribution in [0.3, 0.4) is 0 Å². The summed E-state index contributed by atoms with van der Waals surface area (Å²) in [4.78, 5) is 10.3. The zero-order valence-electron chi connectivity index (χ0n) is 14.5. The first-order valence-corrected chi connectivity index (χ1v) is 7.33. The van der Waals surface area contributed by atoms with Crippen LogP contribution in [-0.4, -0.2) is 31.7 Å². The van der Waals surface area contributed by atoms with Crippen LogP contribution in [0.15, 0.2) is 58.9 Å². The van der Waals surface area contributed by atoms with Crippen LogP contribution in [0.25, 0.3) is 12.2 Å². The van der Waals surface area contributed by atoms with Crippen molar-refractivity contribution in [3.8, 4) is 5.75 Å². The van der Waals surface area contributed by atoms with E-state index in [2.05, 4.69) is 10.3 Å². The van der Waals surface area contributed by atoms with Gasteiger partial charge < -0.3 is 14.6 Å². The number of nitrogens with zero attached hydrogens (tertiary/aromatic N) is 3. The van der Waals surface area contributed by atoms with Gasteiger partial charge in [-0.05, 0) is 35.4 Å². The van der Waals surface area contributed by atoms with Crippen molar-refractivity contribution < 1.29 is 44.2 Å². The molecule has 2 aromatic rings. The molecule has 6 nitrogen and oxygen atoms in total. The third-order valence-corrected chi connectivity index (χ3v) is 2.94. The van der Waals surface area contributed by atoms with Crippen molar-refractivity contribution in [3.05, 3.63) is 59.7 Å². The zero-order valence-corrected chi connectivity index (χ0v) is 16.5. The molecule has 0 atom stereocenters. The minimum atomic E-state index is -1.24. The predicted octanol–water partition coefficient (Wildman–Crippen LogP) is -0.450. The molecule has 0 unspecified atom stereocenters. The van der Waals surface area contributed by atoms with Crippen LogP contribution in [0.4, 0.5) is 5.69 Å². The Kier molecular flexibility index (Phi) is 8.91. The number of rotatable bonds is 7. The number of carboxylic acid groups (broad SMARTS) is 1. The minimum absolute atomic E-state index is 0. The second-order valence-corrected chi connectivity index (χ2v) is 5.19. The Hall–Kier alpha value is -2.15. The molecule has 0 aliphatic rings. The van der Waals surface area contributed by atoms with Gasteiger partial charge in [-0.25, -0.2) is 0 Å². The minimum Gasteiger partial charge on any atom is -0.546 e. The molecule has 0 spiro atoms. The van der Waals surface area contributed by atoms with Gasteiger partial charge in [0.15, 0.2) is 0 Å². The smallest absolute Gasteiger partial charge is 0.546 e. The predicted molar refractivity (Wildman–Crippen MR) is 90.5 cm³/mol. The first-order chi connectivity index (χ1) is 11.5. The fraction of sp³-hybridized carbons (Fsp3) is 0.167. The first kappa shape index (κ1) is 20.9. The molecular formula is C18H18N3NaO3. The van der Waals surface area contributed by atoms with Crippen LogP contribution >= 0.6 is 0 Å². The van der Waals surface area contributed by atoms with Crippen molar-refractivity contribution in [3.63, 3.8) is 0 Å². The van der Waals surface area contributed by atoms with E-state index in [1.807, 2.05) is 62.6 Å². The van der Waals surface area contributed by atoms with Gasteiger partial charge in [0, 0.05) is 14.1 Å². The molecule has 0 aliphatic heterocycles. The second kappa shape index (κ2) is 10.7. The van der Waals surface area contributed by atoms with Gasteiger partial charge in [-0.15, -0.1) is 5.11 Å². The first-order valence-electron chi connectivity index (χ1n) is 7.33. The van der Waals surface area contributed by atoms with Crippen LogP contribution in [0.1, 0.15) is 11.1 Å². The molecular weight excluding hydrogens is 329 g/mol. The van der Waals surface area contributed by atoms with Gasteiger partial charge in [0.1, 0.15) is 12.4 Å². The van der Waals surface area contributed by atoms with Gasteiger partial charge in [0.2, 0.25) is 0 Å². The molecule has 0 heterocycles. The number of carbonyl (C=O) groups excluding carboxylic acids is 1. The molecule has 124 valence electrons. The molecule has 7 heteroatoms. The summed E-state index contributed by atoms with van der Waals surface area (Å²) in [5, 5.41) is 20.0. The summed E-state index contributed by atoms with van der Waals surface area (Å²) in [5.74, 6) is -0.750. The molecule has 2 aromatic carbocycles. The Bertz CT molecular complexity index is 726. The van der Waals surface area contributed by atoms with E-state index in [0.29, 0.717) is 5.75 Å². The van der Waals surface area contributed by atoms with E-state index in [4.69, 9.17) is 4.74 Å². The quantitative estimate of drug-likeness (QED) is 0.294. The van der Waals surface area contributed by atoms with Gasteiger partial charge in [-0.3, -0.25) is 5.01 Å². The average molecular weight is 347 g/mol. The fourth-order valence-corrected chi connectivity index (χ4v) is 1.80. The Morgan fingerprint density at radius 3 is 2.04 bits per heavy atom. The molecule has 0 aromatic heterocycles. The van der Waals surface area contributed by atoms with Crippen molar-refractivity contribution in [2.24, 2.45) is 10.3 Å². The summed E-state index contributed by atoms with van der Waals surface area (Å²) in [6.07, 6.45) is 3.93. The van der Waals surface area contributed by atoms with Crippen LogP contribution in [0.5, 0.6) is 5.75 Å². The summed E-state index contributed by atoms with van der Waals surface area (Å²) in [6.45, 7) is -0.452. The fourth-order valence-electron chi connectivity index (χ4n) is 1.80. The second-order valence-electron chi connectivity index (χ2n) is 5.19. The Labute approximate surface area is 169 Å². The SMILES string of the molecule is CN(C)/N=N\c1ccc(/C=C\c2ccc(OCC(=O)[O-])cc2)cc1.[Na+]. The summed E-state index contributed by atoms with van der Waals surface area (Å²) in [5.41, 5.74) is 2.80. The van der Waals surface area contributed by atoms with Gasteiger partial charge in [-0.2, -0.15) is 0 Å². The molecule has 0 radical (unpaired) electrons. The van der Waals surface area contributed by atoms with E-state index < -0.39 is 12.6 Å². The number of aliphatic carboxylic acids is 1. The molecule has 2 rings (SSSR count). The third kappa shape index (κ3) is 7.98. The van der Waals surface area contributed by atoms with Crippen molar-refractivity contribution in [1.29, 1.82) is 0 Å². The van der Waals surface area contributed by atoms with Gasteiger partial charge in [0.25, 0.3) is 0 Å². The number of carboxylic acids is 1. The summed E-state index contributed by atoms with van der Waals surface area (Å²) in [7, 11) is 3.63. The van der Waals surface area contributed by atoms with Gasteiger partial charge in [-0.1, -0.05) is 41.6 Å². The molecule has 0 N–H and O–H groups in total. The normalized spacial score (nSPS) is 10.6. The van der Waals surface area contributed by atoms with Crippen LogP contribution < -0.4 is 39.4 Å². The van der Waals surface area contributed by atoms with Crippen molar-refractivity contribution in [2.45, 2.75) is 0 Å². The standard InChI is InChI=1S/C18H19N3O3.Na/c1-21(2)20-19-16-9-5-14(6-10-16)3-4-15-7-11-17(12-8-15)24-13-18(22)23;/h3-12H,13H2,1-2H3,(H,22,23);/q;+1/p-1/b4-3-,20-19-;. The molecule has 0 saturated heterocycles. The number of hydrogen-bond acceptors (Lipinski definition) is 5. The van der Waals surface area contributed by atoms with Crippen LogP contribution in [0, 0.1) is 0 Å². The average Bonchev–Trinajstić information content (AvgIpc) is 2.58. The molecule has 0 saturated carbocycles. The van der Waals surface area contributed by atoms with Crippen LogP contribution in [0.2, 0.25) is 0 Å². The topological polar surface area (TPSA) is 77.3 Å². The maximum Gasteiger partial charge on any atom is 1.00 e. The van der Waals surface area contributed by atoms with E-state index in [9.17, 15) is 9.90 Å². The summed E-state index contributed by atoms with van der Waals surface area (Å²) in [6, 6.07) is 14.8. The number of hydrogen-bond donors (Lipinski definition) is 0. The summed E-state index contributed by atoms with van der Waals surface area (Å²) >= 11 is 0. The molecule has 0 fully saturated rings. The maximum absolute atomic E-state index is 10.3. The van der Waals surface area contributed by atoms with E-state index in [-0.39, 0.29) is 29.6 Å². The maximum atomic E-state index is 10.3. The molecule has 25 heavy (non-hydrogen) atoms. The Balaban J connectivity index is 0.00000312. The molecule has 0 bridgehead atoms. The molecule has 0 aliphatic carbocycles. The third-order valence-electron chi connectivity index (χ3n) is 2.94.